The van der Waals surface area contributed by atoms with Gasteiger partial charge in [-0.2, -0.15) is 0 Å². The number of nitrogens with one attached hydrogen (secondary N) is 1. The van der Waals surface area contributed by atoms with Gasteiger partial charge in [-0.05, 0) is 42.7 Å². The molecule has 0 spiro atoms. The van der Waals surface area contributed by atoms with Crippen LogP contribution in [0.4, 0.5) is 4.79 Å². The van der Waals surface area contributed by atoms with E-state index >= 15 is 0 Å². The number of ether oxygens (including phenoxy) is 1. The Morgan fingerprint density at radius 2 is 1.94 bits per heavy atom. The van der Waals surface area contributed by atoms with Crippen LogP contribution in [0.25, 0.3) is 0 Å². The lowest BCUT2D eigenvalue weighted by molar-refractivity contribution is 0.115. The number of aromatic hydroxyl groups is 1. The molecule has 1 heterocycles. The SMILES string of the molecule is Cc1cc(O)cc(C)c1[C@H]1CCOC(=O)N1.Cl. The summed E-state index contributed by atoms with van der Waals surface area (Å²) in [5.74, 6) is 0.261. The number of halogens is 1. The van der Waals surface area contributed by atoms with Gasteiger partial charge in [0.1, 0.15) is 5.75 Å². The molecule has 0 unspecified atom stereocenters. The van der Waals surface area contributed by atoms with E-state index in [1.54, 1.807) is 12.1 Å². The number of phenolic OH excluding ortho intramolecular Hbond substituents is 1. The van der Waals surface area contributed by atoms with E-state index in [9.17, 15) is 9.90 Å². The molecular weight excluding hydrogens is 242 g/mol. The van der Waals surface area contributed by atoms with E-state index in [2.05, 4.69) is 5.32 Å². The van der Waals surface area contributed by atoms with Gasteiger partial charge in [-0.25, -0.2) is 4.79 Å². The highest BCUT2D eigenvalue weighted by Gasteiger charge is 2.23. The third-order valence-corrected chi connectivity index (χ3v) is 2.86. The predicted octanol–water partition coefficient (Wildman–Crippen LogP) is 2.60. The van der Waals surface area contributed by atoms with E-state index in [4.69, 9.17) is 4.74 Å². The molecule has 1 atom stereocenters. The van der Waals surface area contributed by atoms with Crippen molar-refractivity contribution in [3.8, 4) is 5.75 Å². The summed E-state index contributed by atoms with van der Waals surface area (Å²) in [6.07, 6.45) is 0.390. The second-order valence-electron chi connectivity index (χ2n) is 4.11. The fraction of sp³-hybridized carbons (Fsp3) is 0.417. The number of phenols is 1. The second kappa shape index (κ2) is 5.27. The summed E-state index contributed by atoms with van der Waals surface area (Å²) in [6.45, 7) is 4.31. The van der Waals surface area contributed by atoms with Crippen LogP contribution in [0.3, 0.4) is 0 Å². The Morgan fingerprint density at radius 1 is 1.35 bits per heavy atom. The van der Waals surface area contributed by atoms with Gasteiger partial charge >= 0.3 is 6.09 Å². The minimum absolute atomic E-state index is 0. The van der Waals surface area contributed by atoms with Gasteiger partial charge in [0.2, 0.25) is 0 Å². The number of benzene rings is 1. The van der Waals surface area contributed by atoms with E-state index < -0.39 is 0 Å². The van der Waals surface area contributed by atoms with E-state index in [-0.39, 0.29) is 30.3 Å². The number of amides is 1. The summed E-state index contributed by atoms with van der Waals surface area (Å²) in [7, 11) is 0. The van der Waals surface area contributed by atoms with Gasteiger partial charge in [0.05, 0.1) is 12.6 Å². The number of cyclic esters (lactones) is 1. The zero-order valence-electron chi connectivity index (χ0n) is 9.82. The molecule has 1 aliphatic rings. The molecule has 0 aliphatic carbocycles. The van der Waals surface area contributed by atoms with Crippen molar-refractivity contribution < 1.29 is 14.6 Å². The van der Waals surface area contributed by atoms with E-state index in [1.165, 1.54) is 0 Å². The Balaban J connectivity index is 0.00000144. The molecule has 94 valence electrons. The summed E-state index contributed by atoms with van der Waals surface area (Å²) < 4.78 is 4.83. The van der Waals surface area contributed by atoms with Crippen molar-refractivity contribution in [2.24, 2.45) is 0 Å². The molecule has 0 aromatic heterocycles. The Kier molecular flexibility index (Phi) is 4.23. The van der Waals surface area contributed by atoms with Crippen LogP contribution in [-0.2, 0) is 4.74 Å². The summed E-state index contributed by atoms with van der Waals surface area (Å²) in [5.41, 5.74) is 3.06. The summed E-state index contributed by atoms with van der Waals surface area (Å²) in [6, 6.07) is 3.41. The lowest BCUT2D eigenvalue weighted by Gasteiger charge is -2.26. The minimum atomic E-state index is -0.372. The van der Waals surface area contributed by atoms with Crippen LogP contribution in [0.2, 0.25) is 0 Å². The first kappa shape index (κ1) is 13.6. The molecule has 1 saturated heterocycles. The number of aryl methyl sites for hydroxylation is 2. The van der Waals surface area contributed by atoms with Crippen molar-refractivity contribution in [3.63, 3.8) is 0 Å². The molecule has 2 rings (SSSR count). The molecule has 1 fully saturated rings. The van der Waals surface area contributed by atoms with Crippen molar-refractivity contribution in [1.82, 2.24) is 5.32 Å². The fourth-order valence-electron chi connectivity index (χ4n) is 2.24. The molecule has 0 radical (unpaired) electrons. The first-order valence-electron chi connectivity index (χ1n) is 5.31. The Bertz CT molecular complexity index is 411. The standard InChI is InChI=1S/C12H15NO3.ClH/c1-7-5-9(14)6-8(2)11(7)10-3-4-16-12(15)13-10;/h5-6,10,14H,3-4H2,1-2H3,(H,13,15);1H/t10-;/m1./s1. The normalized spacial score (nSPS) is 18.9. The van der Waals surface area contributed by atoms with Crippen LogP contribution in [0.1, 0.15) is 29.2 Å². The summed E-state index contributed by atoms with van der Waals surface area (Å²) in [5, 5.41) is 12.2. The second-order valence-corrected chi connectivity index (χ2v) is 4.11. The number of alkyl carbamates (subject to hydrolysis) is 1. The van der Waals surface area contributed by atoms with Crippen molar-refractivity contribution >= 4 is 18.5 Å². The smallest absolute Gasteiger partial charge is 0.407 e. The third kappa shape index (κ3) is 2.82. The Labute approximate surface area is 106 Å². The highest BCUT2D eigenvalue weighted by Crippen LogP contribution is 2.29. The molecule has 4 nitrogen and oxygen atoms in total. The van der Waals surface area contributed by atoms with Crippen molar-refractivity contribution in [2.75, 3.05) is 6.61 Å². The largest absolute Gasteiger partial charge is 0.508 e. The van der Waals surface area contributed by atoms with Crippen LogP contribution in [0.15, 0.2) is 12.1 Å². The molecule has 1 aliphatic heterocycles. The number of rotatable bonds is 1. The van der Waals surface area contributed by atoms with Gasteiger partial charge in [-0.15, -0.1) is 12.4 Å². The number of carbonyl (C=O) groups excluding carboxylic acids is 1. The third-order valence-electron chi connectivity index (χ3n) is 2.86. The molecule has 0 bridgehead atoms. The van der Waals surface area contributed by atoms with Gasteiger partial charge < -0.3 is 15.2 Å². The highest BCUT2D eigenvalue weighted by atomic mass is 35.5. The fourth-order valence-corrected chi connectivity index (χ4v) is 2.24. The van der Waals surface area contributed by atoms with Gasteiger partial charge in [-0.1, -0.05) is 0 Å². The van der Waals surface area contributed by atoms with E-state index in [0.29, 0.717) is 6.61 Å². The van der Waals surface area contributed by atoms with Crippen LogP contribution in [-0.4, -0.2) is 17.8 Å². The molecule has 2 N–H and O–H groups in total. The molecule has 0 saturated carbocycles. The zero-order chi connectivity index (χ0) is 11.7. The van der Waals surface area contributed by atoms with Crippen LogP contribution < -0.4 is 5.32 Å². The van der Waals surface area contributed by atoms with Crippen molar-refractivity contribution in [1.29, 1.82) is 0 Å². The van der Waals surface area contributed by atoms with Gasteiger partial charge in [0.25, 0.3) is 0 Å². The van der Waals surface area contributed by atoms with Gasteiger partial charge in [-0.3, -0.25) is 0 Å². The maximum atomic E-state index is 11.2. The van der Waals surface area contributed by atoms with E-state index in [1.807, 2.05) is 13.8 Å². The molecule has 17 heavy (non-hydrogen) atoms. The van der Waals surface area contributed by atoms with Crippen molar-refractivity contribution in [3.05, 3.63) is 28.8 Å². The molecular formula is C12H16ClNO3. The molecule has 5 heteroatoms. The maximum absolute atomic E-state index is 11.2. The lowest BCUT2D eigenvalue weighted by Crippen LogP contribution is -2.36. The monoisotopic (exact) mass is 257 g/mol. The first-order chi connectivity index (χ1) is 7.58. The summed E-state index contributed by atoms with van der Waals surface area (Å²) in [4.78, 5) is 11.2. The average molecular weight is 258 g/mol. The molecule has 1 aromatic carbocycles. The number of hydrogen-bond donors (Lipinski definition) is 2. The number of hydrogen-bond acceptors (Lipinski definition) is 3. The first-order valence-corrected chi connectivity index (χ1v) is 5.31. The van der Waals surface area contributed by atoms with Crippen LogP contribution >= 0.6 is 12.4 Å². The van der Waals surface area contributed by atoms with Gasteiger partial charge in [0.15, 0.2) is 0 Å². The number of carbonyl (C=O) groups is 1. The maximum Gasteiger partial charge on any atom is 0.407 e. The van der Waals surface area contributed by atoms with E-state index in [0.717, 1.165) is 23.1 Å². The Hall–Kier alpha value is -1.42. The average Bonchev–Trinajstić information content (AvgIpc) is 2.15. The van der Waals surface area contributed by atoms with Crippen molar-refractivity contribution in [2.45, 2.75) is 26.3 Å². The van der Waals surface area contributed by atoms with Gasteiger partial charge in [0, 0.05) is 6.42 Å². The Morgan fingerprint density at radius 3 is 2.47 bits per heavy atom. The predicted molar refractivity (Wildman–Crippen MR) is 66.7 cm³/mol. The minimum Gasteiger partial charge on any atom is -0.508 e. The lowest BCUT2D eigenvalue weighted by atomic mass is 9.93. The highest BCUT2D eigenvalue weighted by molar-refractivity contribution is 5.85. The van der Waals surface area contributed by atoms with Crippen LogP contribution in [0, 0.1) is 13.8 Å². The van der Waals surface area contributed by atoms with Crippen LogP contribution in [0.5, 0.6) is 5.75 Å². The topological polar surface area (TPSA) is 58.6 Å². The zero-order valence-corrected chi connectivity index (χ0v) is 10.6. The summed E-state index contributed by atoms with van der Waals surface area (Å²) >= 11 is 0. The molecule has 1 amide bonds. The quantitative estimate of drug-likeness (QED) is 0.813. The molecule has 1 aromatic rings.